The highest BCUT2D eigenvalue weighted by Gasteiger charge is 2.44. The molecule has 0 unspecified atom stereocenters. The fourth-order valence-corrected chi connectivity index (χ4v) is 5.01. The SMILES string of the molecule is NC(=O)[C@]1(Cc2cccc(-c3cccs3)c2)CCN(C(=O)CCc2ccccc2F)C1. The maximum absolute atomic E-state index is 13.8. The standard InChI is InChI=1S/C25H25FN2O2S/c26-21-8-2-1-6-19(21)10-11-23(29)28-13-12-25(17-28,24(27)30)16-18-5-3-7-20(15-18)22-9-4-14-31-22/h1-9,14-15H,10-13,16-17H2,(H2,27,30)/t25-/m0/s1. The van der Waals surface area contributed by atoms with Gasteiger partial charge in [0, 0.05) is 24.4 Å². The number of benzene rings is 2. The van der Waals surface area contributed by atoms with Crippen LogP contribution in [0.4, 0.5) is 4.39 Å². The molecule has 4 nitrogen and oxygen atoms in total. The molecular weight excluding hydrogens is 411 g/mol. The molecule has 1 fully saturated rings. The van der Waals surface area contributed by atoms with Crippen LogP contribution < -0.4 is 5.73 Å². The molecule has 1 aromatic heterocycles. The molecule has 0 aliphatic carbocycles. The van der Waals surface area contributed by atoms with Crippen molar-refractivity contribution in [1.29, 1.82) is 0 Å². The van der Waals surface area contributed by atoms with E-state index in [-0.39, 0.29) is 24.1 Å². The number of amides is 2. The second-order valence-electron chi connectivity index (χ2n) is 8.16. The molecule has 1 aliphatic heterocycles. The van der Waals surface area contributed by atoms with Crippen molar-refractivity contribution in [3.05, 3.63) is 83.0 Å². The Morgan fingerprint density at radius 3 is 2.68 bits per heavy atom. The summed E-state index contributed by atoms with van der Waals surface area (Å²) in [6.45, 7) is 0.797. The Morgan fingerprint density at radius 1 is 1.10 bits per heavy atom. The molecule has 31 heavy (non-hydrogen) atoms. The van der Waals surface area contributed by atoms with Crippen molar-refractivity contribution in [2.24, 2.45) is 11.1 Å². The molecule has 0 spiro atoms. The molecule has 1 aliphatic rings. The fourth-order valence-electron chi connectivity index (χ4n) is 4.29. The quantitative estimate of drug-likeness (QED) is 0.595. The van der Waals surface area contributed by atoms with Crippen LogP contribution >= 0.6 is 11.3 Å². The van der Waals surface area contributed by atoms with Gasteiger partial charge in [-0.25, -0.2) is 4.39 Å². The van der Waals surface area contributed by atoms with Gasteiger partial charge in [-0.1, -0.05) is 48.5 Å². The third-order valence-electron chi connectivity index (χ3n) is 6.07. The number of halogens is 1. The summed E-state index contributed by atoms with van der Waals surface area (Å²) in [5, 5.41) is 2.04. The van der Waals surface area contributed by atoms with E-state index in [1.54, 1.807) is 34.4 Å². The van der Waals surface area contributed by atoms with Crippen molar-refractivity contribution in [3.8, 4) is 10.4 Å². The highest BCUT2D eigenvalue weighted by atomic mass is 32.1. The minimum absolute atomic E-state index is 0.0706. The number of nitrogens with two attached hydrogens (primary N) is 1. The number of likely N-dealkylation sites (tertiary alicyclic amines) is 1. The molecule has 0 bridgehead atoms. The number of hydrogen-bond donors (Lipinski definition) is 1. The lowest BCUT2D eigenvalue weighted by atomic mass is 9.80. The number of primary amides is 1. The first-order valence-electron chi connectivity index (χ1n) is 10.4. The van der Waals surface area contributed by atoms with Crippen LogP contribution in [0.1, 0.15) is 24.0 Å². The van der Waals surface area contributed by atoms with Gasteiger partial charge in [0.25, 0.3) is 0 Å². The lowest BCUT2D eigenvalue weighted by molar-refractivity contribution is -0.132. The maximum Gasteiger partial charge on any atom is 0.225 e. The summed E-state index contributed by atoms with van der Waals surface area (Å²) < 4.78 is 13.8. The Bertz CT molecular complexity index is 1080. The van der Waals surface area contributed by atoms with Gasteiger partial charge in [0.15, 0.2) is 0 Å². The zero-order chi connectivity index (χ0) is 21.8. The Morgan fingerprint density at radius 2 is 1.94 bits per heavy atom. The second kappa shape index (κ2) is 9.02. The van der Waals surface area contributed by atoms with E-state index < -0.39 is 5.41 Å². The molecule has 3 aromatic rings. The van der Waals surface area contributed by atoms with E-state index in [0.29, 0.717) is 37.9 Å². The van der Waals surface area contributed by atoms with Crippen molar-refractivity contribution < 1.29 is 14.0 Å². The third-order valence-corrected chi connectivity index (χ3v) is 6.99. The molecule has 2 N–H and O–H groups in total. The van der Waals surface area contributed by atoms with Crippen LogP contribution in [0.3, 0.4) is 0 Å². The minimum atomic E-state index is -0.776. The molecule has 1 saturated heterocycles. The molecule has 4 rings (SSSR count). The van der Waals surface area contributed by atoms with Gasteiger partial charge in [0.05, 0.1) is 5.41 Å². The predicted octanol–water partition coefficient (Wildman–Crippen LogP) is 4.43. The van der Waals surface area contributed by atoms with Crippen LogP contribution in [-0.2, 0) is 22.4 Å². The summed E-state index contributed by atoms with van der Waals surface area (Å²) in [6, 6.07) is 18.7. The Hall–Kier alpha value is -2.99. The highest BCUT2D eigenvalue weighted by Crippen LogP contribution is 2.36. The van der Waals surface area contributed by atoms with Crippen LogP contribution in [0.25, 0.3) is 10.4 Å². The summed E-state index contributed by atoms with van der Waals surface area (Å²) in [5.41, 5.74) is 7.74. The third kappa shape index (κ3) is 4.69. The van der Waals surface area contributed by atoms with Crippen LogP contribution in [-0.4, -0.2) is 29.8 Å². The van der Waals surface area contributed by atoms with Crippen molar-refractivity contribution in [2.75, 3.05) is 13.1 Å². The van der Waals surface area contributed by atoms with Crippen molar-refractivity contribution in [3.63, 3.8) is 0 Å². The minimum Gasteiger partial charge on any atom is -0.369 e. The van der Waals surface area contributed by atoms with Gasteiger partial charge in [0.1, 0.15) is 5.82 Å². The van der Waals surface area contributed by atoms with E-state index in [0.717, 1.165) is 11.1 Å². The number of rotatable bonds is 7. The van der Waals surface area contributed by atoms with Gasteiger partial charge < -0.3 is 10.6 Å². The zero-order valence-corrected chi connectivity index (χ0v) is 18.0. The number of aryl methyl sites for hydroxylation is 1. The smallest absolute Gasteiger partial charge is 0.225 e. The molecule has 2 aromatic carbocycles. The molecule has 2 heterocycles. The zero-order valence-electron chi connectivity index (χ0n) is 17.2. The van der Waals surface area contributed by atoms with Crippen molar-refractivity contribution in [2.45, 2.75) is 25.7 Å². The van der Waals surface area contributed by atoms with Crippen LogP contribution in [0.2, 0.25) is 0 Å². The van der Waals surface area contributed by atoms with E-state index >= 15 is 0 Å². The normalized spacial score (nSPS) is 18.3. The van der Waals surface area contributed by atoms with Crippen LogP contribution in [0.15, 0.2) is 66.0 Å². The summed E-state index contributed by atoms with van der Waals surface area (Å²) in [6.07, 6.45) is 1.59. The van der Waals surface area contributed by atoms with Crippen LogP contribution in [0, 0.1) is 11.2 Å². The fraction of sp³-hybridized carbons (Fsp3) is 0.280. The largest absolute Gasteiger partial charge is 0.369 e. The average Bonchev–Trinajstić information content (AvgIpc) is 3.44. The van der Waals surface area contributed by atoms with Gasteiger partial charge in [-0.2, -0.15) is 0 Å². The van der Waals surface area contributed by atoms with E-state index in [2.05, 4.69) is 18.2 Å². The monoisotopic (exact) mass is 436 g/mol. The molecule has 6 heteroatoms. The second-order valence-corrected chi connectivity index (χ2v) is 9.10. The number of thiophene rings is 1. The van der Waals surface area contributed by atoms with E-state index in [1.165, 1.54) is 10.9 Å². The number of carbonyl (C=O) groups excluding carboxylic acids is 2. The summed E-state index contributed by atoms with van der Waals surface area (Å²) >= 11 is 1.67. The van der Waals surface area contributed by atoms with E-state index in [1.807, 2.05) is 23.6 Å². The lowest BCUT2D eigenvalue weighted by Gasteiger charge is -2.26. The molecule has 2 amide bonds. The van der Waals surface area contributed by atoms with Gasteiger partial charge in [-0.15, -0.1) is 11.3 Å². The van der Waals surface area contributed by atoms with Gasteiger partial charge in [-0.05, 0) is 53.5 Å². The molecule has 1 atom stereocenters. The first kappa shape index (κ1) is 21.2. The van der Waals surface area contributed by atoms with Gasteiger partial charge in [-0.3, -0.25) is 9.59 Å². The first-order chi connectivity index (χ1) is 15.0. The molecule has 160 valence electrons. The Balaban J connectivity index is 1.44. The van der Waals surface area contributed by atoms with E-state index in [9.17, 15) is 14.0 Å². The number of nitrogens with zero attached hydrogens (tertiary/aromatic N) is 1. The number of carbonyl (C=O) groups is 2. The van der Waals surface area contributed by atoms with E-state index in [4.69, 9.17) is 5.73 Å². The molecular formula is C25H25FN2O2S. The predicted molar refractivity (Wildman–Crippen MR) is 121 cm³/mol. The van der Waals surface area contributed by atoms with Crippen LogP contribution in [0.5, 0.6) is 0 Å². The average molecular weight is 437 g/mol. The van der Waals surface area contributed by atoms with Gasteiger partial charge >= 0.3 is 0 Å². The van der Waals surface area contributed by atoms with Gasteiger partial charge in [0.2, 0.25) is 11.8 Å². The van der Waals surface area contributed by atoms with Crippen molar-refractivity contribution >= 4 is 23.2 Å². The summed E-state index contributed by atoms with van der Waals surface area (Å²) in [7, 11) is 0. The number of hydrogen-bond acceptors (Lipinski definition) is 3. The Labute approximate surface area is 185 Å². The Kier molecular flexibility index (Phi) is 6.18. The maximum atomic E-state index is 13.8. The summed E-state index contributed by atoms with van der Waals surface area (Å²) in [4.78, 5) is 28.1. The topological polar surface area (TPSA) is 63.4 Å². The highest BCUT2D eigenvalue weighted by molar-refractivity contribution is 7.13. The lowest BCUT2D eigenvalue weighted by Crippen LogP contribution is -2.42. The van der Waals surface area contributed by atoms with Crippen molar-refractivity contribution in [1.82, 2.24) is 4.90 Å². The molecule has 0 radical (unpaired) electrons. The first-order valence-corrected chi connectivity index (χ1v) is 11.3. The summed E-state index contributed by atoms with van der Waals surface area (Å²) in [5.74, 6) is -0.744. The molecule has 0 saturated carbocycles.